The Bertz CT molecular complexity index is 976. The van der Waals surface area contributed by atoms with Gasteiger partial charge in [0.2, 0.25) is 0 Å². The Hall–Kier alpha value is -2.71. The molecule has 0 saturated carbocycles. The zero-order valence-electron chi connectivity index (χ0n) is 17.8. The maximum Gasteiger partial charge on any atom is 0.266 e. The van der Waals surface area contributed by atoms with E-state index in [1.165, 1.54) is 11.8 Å². The Morgan fingerprint density at radius 1 is 0.968 bits per heavy atom. The molecule has 2 aromatic carbocycles. The number of likely N-dealkylation sites (N-methyl/N-ethyl adjacent to an activating group) is 1. The Labute approximate surface area is 192 Å². The highest BCUT2D eigenvalue weighted by Gasteiger charge is 2.30. The van der Waals surface area contributed by atoms with Crippen LogP contribution in [0, 0.1) is 0 Å². The Morgan fingerprint density at radius 3 is 2.23 bits per heavy atom. The van der Waals surface area contributed by atoms with Crippen LogP contribution in [0.2, 0.25) is 0 Å². The number of thioether (sulfide) groups is 1. The number of carbonyl (C=O) groups excluding carboxylic acids is 1. The van der Waals surface area contributed by atoms with Crippen LogP contribution in [-0.4, -0.2) is 49.1 Å². The number of benzene rings is 2. The highest BCUT2D eigenvalue weighted by molar-refractivity contribution is 8.26. The van der Waals surface area contributed by atoms with Gasteiger partial charge in [0.25, 0.3) is 5.91 Å². The number of hydrogen-bond acceptors (Lipinski definition) is 7. The normalized spacial score (nSPS) is 14.8. The van der Waals surface area contributed by atoms with Crippen molar-refractivity contribution in [3.05, 3.63) is 52.9 Å². The summed E-state index contributed by atoms with van der Waals surface area (Å²) in [5, 5.41) is 0. The maximum absolute atomic E-state index is 12.4. The lowest BCUT2D eigenvalue weighted by Gasteiger charge is -2.13. The van der Waals surface area contributed by atoms with Gasteiger partial charge in [-0.15, -0.1) is 0 Å². The van der Waals surface area contributed by atoms with E-state index in [1.54, 1.807) is 19.1 Å². The third-order valence-corrected chi connectivity index (χ3v) is 5.93. The number of para-hydroxylation sites is 2. The molecule has 1 aliphatic rings. The Morgan fingerprint density at radius 2 is 1.61 bits per heavy atom. The van der Waals surface area contributed by atoms with Gasteiger partial charge in [0, 0.05) is 13.0 Å². The van der Waals surface area contributed by atoms with Crippen LogP contribution in [0.4, 0.5) is 0 Å². The van der Waals surface area contributed by atoms with Crippen LogP contribution in [0.3, 0.4) is 0 Å². The second-order valence-corrected chi connectivity index (χ2v) is 8.21. The molecule has 0 bridgehead atoms. The van der Waals surface area contributed by atoms with E-state index in [2.05, 4.69) is 0 Å². The summed E-state index contributed by atoms with van der Waals surface area (Å²) in [6.07, 6.45) is 2.52. The van der Waals surface area contributed by atoms with Gasteiger partial charge in [-0.2, -0.15) is 0 Å². The molecular formula is C23H25NO5S2. The number of ether oxygens (including phenoxy) is 4. The molecule has 0 spiro atoms. The van der Waals surface area contributed by atoms with Crippen LogP contribution in [-0.2, 0) is 4.79 Å². The summed E-state index contributed by atoms with van der Waals surface area (Å²) < 4.78 is 22.9. The van der Waals surface area contributed by atoms with Crippen molar-refractivity contribution in [2.45, 2.75) is 13.3 Å². The van der Waals surface area contributed by atoms with Crippen molar-refractivity contribution in [3.8, 4) is 23.0 Å². The summed E-state index contributed by atoms with van der Waals surface area (Å²) in [5.74, 6) is 2.59. The minimum Gasteiger partial charge on any atom is -0.493 e. The topological polar surface area (TPSA) is 57.2 Å². The fraction of sp³-hybridized carbons (Fsp3) is 0.304. The largest absolute Gasteiger partial charge is 0.493 e. The van der Waals surface area contributed by atoms with Gasteiger partial charge in [-0.1, -0.05) is 42.2 Å². The lowest BCUT2D eigenvalue weighted by Crippen LogP contribution is -2.27. The van der Waals surface area contributed by atoms with Crippen LogP contribution < -0.4 is 18.9 Å². The fourth-order valence-corrected chi connectivity index (χ4v) is 4.36. The van der Waals surface area contributed by atoms with Crippen molar-refractivity contribution in [2.75, 3.05) is 34.0 Å². The fourth-order valence-electron chi connectivity index (χ4n) is 2.98. The molecule has 0 aromatic heterocycles. The van der Waals surface area contributed by atoms with E-state index in [4.69, 9.17) is 31.2 Å². The number of carbonyl (C=O) groups is 1. The second-order valence-electron chi connectivity index (χ2n) is 6.54. The molecule has 3 rings (SSSR count). The van der Waals surface area contributed by atoms with Crippen LogP contribution in [0.25, 0.3) is 6.08 Å². The lowest BCUT2D eigenvalue weighted by molar-refractivity contribution is -0.121. The van der Waals surface area contributed by atoms with Crippen molar-refractivity contribution in [2.24, 2.45) is 0 Å². The molecule has 31 heavy (non-hydrogen) atoms. The van der Waals surface area contributed by atoms with E-state index in [-0.39, 0.29) is 5.91 Å². The third-order valence-electron chi connectivity index (χ3n) is 4.55. The number of thiocarbonyl (C=S) groups is 1. The summed E-state index contributed by atoms with van der Waals surface area (Å²) >= 11 is 6.57. The van der Waals surface area contributed by atoms with Crippen LogP contribution >= 0.6 is 24.0 Å². The number of amides is 1. The van der Waals surface area contributed by atoms with Gasteiger partial charge in [0.1, 0.15) is 4.32 Å². The molecule has 8 heteroatoms. The molecule has 2 aromatic rings. The van der Waals surface area contributed by atoms with Crippen molar-refractivity contribution >= 4 is 40.3 Å². The van der Waals surface area contributed by atoms with Crippen molar-refractivity contribution in [3.63, 3.8) is 0 Å². The first-order valence-corrected chi connectivity index (χ1v) is 11.1. The van der Waals surface area contributed by atoms with Gasteiger partial charge in [-0.05, 0) is 42.8 Å². The van der Waals surface area contributed by atoms with Crippen LogP contribution in [0.5, 0.6) is 23.0 Å². The number of rotatable bonds is 10. The molecule has 164 valence electrons. The first-order chi connectivity index (χ1) is 15.1. The van der Waals surface area contributed by atoms with Gasteiger partial charge in [0.05, 0.1) is 32.3 Å². The van der Waals surface area contributed by atoms with Crippen molar-refractivity contribution in [1.29, 1.82) is 0 Å². The van der Waals surface area contributed by atoms with Crippen LogP contribution in [0.1, 0.15) is 18.9 Å². The molecule has 0 radical (unpaired) electrons. The van der Waals surface area contributed by atoms with E-state index in [1.807, 2.05) is 55.5 Å². The van der Waals surface area contributed by atoms with E-state index in [0.717, 1.165) is 5.56 Å². The second kappa shape index (κ2) is 11.1. The average Bonchev–Trinajstić information content (AvgIpc) is 3.06. The number of hydrogen-bond donors (Lipinski definition) is 0. The zero-order chi connectivity index (χ0) is 22.2. The summed E-state index contributed by atoms with van der Waals surface area (Å²) in [4.78, 5) is 14.6. The molecule has 0 unspecified atom stereocenters. The molecule has 1 saturated heterocycles. The highest BCUT2D eigenvalue weighted by Crippen LogP contribution is 2.34. The predicted octanol–water partition coefficient (Wildman–Crippen LogP) is 4.77. The minimum absolute atomic E-state index is 0.0631. The molecule has 0 N–H and O–H groups in total. The predicted molar refractivity (Wildman–Crippen MR) is 127 cm³/mol. The summed E-state index contributed by atoms with van der Waals surface area (Å²) in [7, 11) is 3.21. The molecule has 0 aliphatic carbocycles. The van der Waals surface area contributed by atoms with Crippen molar-refractivity contribution < 1.29 is 23.7 Å². The molecule has 1 heterocycles. The molecule has 0 atom stereocenters. The lowest BCUT2D eigenvalue weighted by atomic mass is 10.2. The van der Waals surface area contributed by atoms with E-state index < -0.39 is 0 Å². The zero-order valence-corrected chi connectivity index (χ0v) is 19.4. The van der Waals surface area contributed by atoms with E-state index in [0.29, 0.717) is 58.4 Å². The number of nitrogens with zero attached hydrogens (tertiary/aromatic N) is 1. The molecule has 1 fully saturated rings. The monoisotopic (exact) mass is 459 g/mol. The number of methoxy groups -OCH3 is 2. The van der Waals surface area contributed by atoms with Gasteiger partial charge in [0.15, 0.2) is 23.0 Å². The molecule has 1 aliphatic heterocycles. The molecule has 1 amide bonds. The standard InChI is InChI=1S/C23H25NO5S2/c1-4-24-22(25)21(31-23(24)30)15-16-10-11-19(20(14-16)27-3)29-13-7-12-28-18-9-6-5-8-17(18)26-2/h5-6,8-11,14-15H,4,7,12-13H2,1-3H3/b21-15-. The molecule has 6 nitrogen and oxygen atoms in total. The first-order valence-electron chi connectivity index (χ1n) is 9.89. The third kappa shape index (κ3) is 5.71. The van der Waals surface area contributed by atoms with Gasteiger partial charge in [-0.25, -0.2) is 0 Å². The summed E-state index contributed by atoms with van der Waals surface area (Å²) in [6, 6.07) is 13.1. The highest BCUT2D eigenvalue weighted by atomic mass is 32.2. The molecular weight excluding hydrogens is 434 g/mol. The quantitative estimate of drug-likeness (QED) is 0.288. The van der Waals surface area contributed by atoms with E-state index >= 15 is 0 Å². The Balaban J connectivity index is 1.56. The minimum atomic E-state index is -0.0631. The van der Waals surface area contributed by atoms with Crippen LogP contribution in [0.15, 0.2) is 47.4 Å². The van der Waals surface area contributed by atoms with E-state index in [9.17, 15) is 4.79 Å². The van der Waals surface area contributed by atoms with Gasteiger partial charge in [-0.3, -0.25) is 9.69 Å². The average molecular weight is 460 g/mol. The smallest absolute Gasteiger partial charge is 0.266 e. The van der Waals surface area contributed by atoms with Crippen molar-refractivity contribution in [1.82, 2.24) is 4.90 Å². The Kier molecular flexibility index (Phi) is 8.20. The first kappa shape index (κ1) is 23.0. The van der Waals surface area contributed by atoms with Gasteiger partial charge >= 0.3 is 0 Å². The SMILES string of the molecule is CCN1C(=O)/C(=C/c2ccc(OCCCOc3ccccc3OC)c(OC)c2)SC1=S. The van der Waals surface area contributed by atoms with Gasteiger partial charge < -0.3 is 18.9 Å². The summed E-state index contributed by atoms with van der Waals surface area (Å²) in [6.45, 7) is 3.45. The summed E-state index contributed by atoms with van der Waals surface area (Å²) in [5.41, 5.74) is 0.848. The maximum atomic E-state index is 12.4.